The Morgan fingerprint density at radius 2 is 2.00 bits per heavy atom. The molecule has 42 heavy (non-hydrogen) atoms. The molecule has 1 aromatic carbocycles. The van der Waals surface area contributed by atoms with E-state index in [0.717, 1.165) is 32.1 Å². The number of esters is 1. The Labute approximate surface area is 240 Å². The van der Waals surface area contributed by atoms with Gasteiger partial charge in [0, 0.05) is 0 Å². The number of fused-ring (bicyclic) bond motifs is 2. The van der Waals surface area contributed by atoms with E-state index in [9.17, 15) is 24.0 Å². The van der Waals surface area contributed by atoms with E-state index < -0.39 is 55.9 Å². The van der Waals surface area contributed by atoms with Crippen molar-refractivity contribution in [2.24, 2.45) is 0 Å². The van der Waals surface area contributed by atoms with E-state index in [1.54, 1.807) is 30.3 Å². The number of nitrogens with one attached hydrogen (secondary N) is 1. The smallest absolute Gasteiger partial charge is 0.459 e. The van der Waals surface area contributed by atoms with Crippen molar-refractivity contribution < 1.29 is 42.5 Å². The number of aliphatic hydroxyl groups is 2. The molecule has 1 unspecified atom stereocenters. The predicted octanol–water partition coefficient (Wildman–Crippen LogP) is 2.62. The molecule has 7 atom stereocenters. The Kier molecular flexibility index (Phi) is 7.49. The number of hydrogen-bond acceptors (Lipinski definition) is 11. The summed E-state index contributed by atoms with van der Waals surface area (Å²) in [5.74, 6) is -0.352. The van der Waals surface area contributed by atoms with Crippen LogP contribution in [0.25, 0.3) is 5.52 Å². The molecule has 0 bridgehead atoms. The molecule has 6 rings (SSSR count). The lowest BCUT2D eigenvalue weighted by Crippen LogP contribution is -2.39. The Morgan fingerprint density at radius 3 is 2.69 bits per heavy atom. The molecule has 0 amide bonds. The highest BCUT2D eigenvalue weighted by molar-refractivity contribution is 7.52. The summed E-state index contributed by atoms with van der Waals surface area (Å²) in [6.07, 6.45) is 0.878. The van der Waals surface area contributed by atoms with Crippen LogP contribution in [0.4, 0.5) is 10.2 Å². The van der Waals surface area contributed by atoms with Crippen LogP contribution in [-0.4, -0.2) is 73.0 Å². The van der Waals surface area contributed by atoms with Crippen molar-refractivity contribution in [1.82, 2.24) is 19.7 Å². The number of nitrogen functional groups attached to an aromatic ring is 1. The van der Waals surface area contributed by atoms with Crippen LogP contribution >= 0.6 is 7.75 Å². The van der Waals surface area contributed by atoms with Crippen molar-refractivity contribution in [1.29, 1.82) is 0 Å². The zero-order valence-corrected chi connectivity index (χ0v) is 23.7. The number of anilines is 1. The highest BCUT2D eigenvalue weighted by Gasteiger charge is 2.89. The lowest BCUT2D eigenvalue weighted by atomic mass is 9.98. The third kappa shape index (κ3) is 4.76. The van der Waals surface area contributed by atoms with E-state index >= 15 is 0 Å². The summed E-state index contributed by atoms with van der Waals surface area (Å²) >= 11 is 0. The number of benzene rings is 1. The monoisotopic (exact) mass is 605 g/mol. The van der Waals surface area contributed by atoms with Crippen molar-refractivity contribution in [2.75, 3.05) is 12.4 Å². The van der Waals surface area contributed by atoms with Gasteiger partial charge in [0.15, 0.2) is 17.0 Å². The number of halogens is 1. The van der Waals surface area contributed by atoms with E-state index in [1.807, 2.05) is 0 Å². The van der Waals surface area contributed by atoms with Gasteiger partial charge in [0.25, 0.3) is 0 Å². The number of carbonyl (C=O) groups excluding carboxylic acids is 1. The Hall–Kier alpha value is -3.13. The number of hydrogen-bond donors (Lipinski definition) is 4. The molecule has 15 heteroatoms. The van der Waals surface area contributed by atoms with Crippen molar-refractivity contribution in [3.8, 4) is 5.75 Å². The standard InChI is InChI=1S/C27H33FN5O8P/c1-16(24(35)38-17-8-4-2-5-9-17)32-42(37,40-18-10-6-3-7-11-18)41-25-26(14-28)27(25,36)22(34)21(39-26)19-12-13-20-23(29)30-15-31-33(19)20/h3,6-7,10-13,15-17,21-22,25,34,36H,2,4-5,8-9,14H2,1H3,(H,32,37)(H2,29,30,31)/t16-,21-,22-,25?,26+,27+,42+/m0/s1. The molecule has 1 aliphatic heterocycles. The SMILES string of the molecule is C[C@H](N[P@@](=O)(Oc1ccccc1)OC1[C@@]2(CF)O[C@@H](c3ccc4c(N)ncnn34)[C@H](O)[C@@]12O)C(=O)OC1CCCCC1. The molecular formula is C27H33FN5O8P. The fraction of sp³-hybridized carbons (Fsp3) is 0.519. The molecule has 3 aliphatic rings. The number of para-hydroxylation sites is 1. The molecule has 3 aromatic rings. The molecule has 2 saturated carbocycles. The lowest BCUT2D eigenvalue weighted by molar-refractivity contribution is -0.152. The van der Waals surface area contributed by atoms with Crippen LogP contribution < -0.4 is 15.3 Å². The molecule has 2 aliphatic carbocycles. The molecular weight excluding hydrogens is 572 g/mol. The number of ether oxygens (including phenoxy) is 2. The molecule has 0 radical (unpaired) electrons. The van der Waals surface area contributed by atoms with Gasteiger partial charge in [-0.1, -0.05) is 24.6 Å². The lowest BCUT2D eigenvalue weighted by Gasteiger charge is -2.28. The number of rotatable bonds is 10. The van der Waals surface area contributed by atoms with Crippen LogP contribution in [0.5, 0.6) is 5.75 Å². The predicted molar refractivity (Wildman–Crippen MR) is 146 cm³/mol. The van der Waals surface area contributed by atoms with E-state index in [1.165, 1.54) is 29.9 Å². The molecule has 2 aromatic heterocycles. The highest BCUT2D eigenvalue weighted by Crippen LogP contribution is 2.68. The van der Waals surface area contributed by atoms with E-state index in [2.05, 4.69) is 15.2 Å². The maximum Gasteiger partial charge on any atom is 0.459 e. The maximum atomic E-state index is 14.7. The van der Waals surface area contributed by atoms with Gasteiger partial charge in [0.05, 0.1) is 5.69 Å². The first-order chi connectivity index (χ1) is 20.1. The summed E-state index contributed by atoms with van der Waals surface area (Å²) in [7, 11) is -4.51. The summed E-state index contributed by atoms with van der Waals surface area (Å²) in [6, 6.07) is 10.0. The Bertz CT molecular complexity index is 1500. The van der Waals surface area contributed by atoms with Crippen molar-refractivity contribution in [3.05, 3.63) is 54.5 Å². The largest absolute Gasteiger partial charge is 0.461 e. The normalized spacial score (nSPS) is 31.3. The van der Waals surface area contributed by atoms with Crippen molar-refractivity contribution in [3.63, 3.8) is 0 Å². The van der Waals surface area contributed by atoms with Gasteiger partial charge in [-0.2, -0.15) is 10.2 Å². The second-order valence-electron chi connectivity index (χ2n) is 11.0. The van der Waals surface area contributed by atoms with E-state index in [4.69, 9.17) is 24.3 Å². The summed E-state index contributed by atoms with van der Waals surface area (Å²) in [6.45, 7) is 0.155. The van der Waals surface area contributed by atoms with Gasteiger partial charge in [-0.15, -0.1) is 0 Å². The zero-order chi connectivity index (χ0) is 29.7. The zero-order valence-electron chi connectivity index (χ0n) is 22.8. The Morgan fingerprint density at radius 1 is 1.26 bits per heavy atom. The first-order valence-electron chi connectivity index (χ1n) is 13.9. The van der Waals surface area contributed by atoms with Crippen LogP contribution in [0.3, 0.4) is 0 Å². The van der Waals surface area contributed by atoms with Crippen LogP contribution in [0.2, 0.25) is 0 Å². The molecule has 3 heterocycles. The third-order valence-electron chi connectivity index (χ3n) is 8.25. The fourth-order valence-corrected chi connectivity index (χ4v) is 7.67. The number of nitrogens with two attached hydrogens (primary N) is 1. The third-order valence-corrected chi connectivity index (χ3v) is 9.89. The number of nitrogens with zero attached hydrogens (tertiary/aromatic N) is 3. The molecule has 226 valence electrons. The summed E-state index contributed by atoms with van der Waals surface area (Å²) in [5.41, 5.74) is 2.23. The molecule has 1 saturated heterocycles. The molecule has 3 fully saturated rings. The minimum atomic E-state index is -4.51. The molecule has 13 nitrogen and oxygen atoms in total. The fourth-order valence-electron chi connectivity index (χ4n) is 5.92. The van der Waals surface area contributed by atoms with Crippen LogP contribution in [0, 0.1) is 0 Å². The highest BCUT2D eigenvalue weighted by atomic mass is 31.2. The van der Waals surface area contributed by atoms with Gasteiger partial charge in [-0.25, -0.2) is 18.5 Å². The maximum absolute atomic E-state index is 14.7. The van der Waals surface area contributed by atoms with Crippen LogP contribution in [0.15, 0.2) is 48.8 Å². The van der Waals surface area contributed by atoms with Crippen molar-refractivity contribution in [2.45, 2.75) is 80.7 Å². The number of alkyl halides is 1. The minimum absolute atomic E-state index is 0.129. The van der Waals surface area contributed by atoms with E-state index in [0.29, 0.717) is 11.2 Å². The van der Waals surface area contributed by atoms with Gasteiger partial charge in [0.1, 0.15) is 54.7 Å². The topological polar surface area (TPSA) is 180 Å². The van der Waals surface area contributed by atoms with E-state index in [-0.39, 0.29) is 17.7 Å². The Balaban J connectivity index is 1.24. The minimum Gasteiger partial charge on any atom is -0.461 e. The molecule has 0 spiro atoms. The number of aromatic nitrogens is 3. The summed E-state index contributed by atoms with van der Waals surface area (Å²) in [5, 5.41) is 29.4. The summed E-state index contributed by atoms with van der Waals surface area (Å²) < 4.78 is 53.1. The molecule has 5 N–H and O–H groups in total. The van der Waals surface area contributed by atoms with Crippen LogP contribution in [0.1, 0.15) is 50.8 Å². The van der Waals surface area contributed by atoms with Gasteiger partial charge < -0.3 is 29.9 Å². The average Bonchev–Trinajstić information content (AvgIpc) is 3.22. The number of aliphatic hydroxyl groups excluding tert-OH is 1. The van der Waals surface area contributed by atoms with Gasteiger partial charge >= 0.3 is 13.7 Å². The van der Waals surface area contributed by atoms with Gasteiger partial charge in [-0.3, -0.25) is 9.32 Å². The average molecular weight is 606 g/mol. The second kappa shape index (κ2) is 10.9. The van der Waals surface area contributed by atoms with Crippen LogP contribution in [-0.2, 0) is 23.4 Å². The quantitative estimate of drug-likeness (QED) is 0.196. The van der Waals surface area contributed by atoms with Gasteiger partial charge in [0.2, 0.25) is 0 Å². The first-order valence-corrected chi connectivity index (χ1v) is 15.4. The number of carbonyl (C=O) groups is 1. The van der Waals surface area contributed by atoms with Crippen molar-refractivity contribution >= 4 is 25.1 Å². The second-order valence-corrected chi connectivity index (χ2v) is 12.6. The van der Waals surface area contributed by atoms with Gasteiger partial charge in [-0.05, 0) is 56.9 Å². The first kappa shape index (κ1) is 29.0. The summed E-state index contributed by atoms with van der Waals surface area (Å²) in [4.78, 5) is 16.8.